The van der Waals surface area contributed by atoms with Crippen LogP contribution in [0.1, 0.15) is 31.4 Å². The number of fused-ring (bicyclic) bond motifs is 1. The zero-order chi connectivity index (χ0) is 23.8. The molecule has 174 valence electrons. The predicted molar refractivity (Wildman–Crippen MR) is 126 cm³/mol. The predicted octanol–water partition coefficient (Wildman–Crippen LogP) is 3.33. The Morgan fingerprint density at radius 2 is 1.91 bits per heavy atom. The molecule has 0 radical (unpaired) electrons. The van der Waals surface area contributed by atoms with Crippen molar-refractivity contribution in [3.63, 3.8) is 0 Å². The number of nitrogens with one attached hydrogen (secondary N) is 1. The molecule has 2 amide bonds. The van der Waals surface area contributed by atoms with E-state index in [-0.39, 0.29) is 30.2 Å². The molecular weight excluding hydrogens is 464 g/mol. The van der Waals surface area contributed by atoms with Gasteiger partial charge in [0.05, 0.1) is 18.1 Å². The van der Waals surface area contributed by atoms with Gasteiger partial charge < -0.3 is 20.1 Å². The SMILES string of the molecule is CC1(C)S[C@@H]2[C@H](NC(=O)CCOc3ccc(Cc4ccccc4)cc3Cl)C(=O)N2[C@H]1C(=O)O. The van der Waals surface area contributed by atoms with Crippen LogP contribution in [0.4, 0.5) is 0 Å². The fourth-order valence-electron chi connectivity index (χ4n) is 4.25. The summed E-state index contributed by atoms with van der Waals surface area (Å²) in [7, 11) is 0. The zero-order valence-electron chi connectivity index (χ0n) is 18.3. The van der Waals surface area contributed by atoms with Crippen LogP contribution < -0.4 is 10.1 Å². The van der Waals surface area contributed by atoms with Crippen molar-refractivity contribution in [2.75, 3.05) is 6.61 Å². The van der Waals surface area contributed by atoms with Crippen LogP contribution in [-0.2, 0) is 20.8 Å². The topological polar surface area (TPSA) is 95.9 Å². The van der Waals surface area contributed by atoms with Crippen LogP contribution in [-0.4, -0.2) is 56.6 Å². The number of hydrogen-bond acceptors (Lipinski definition) is 5. The second-order valence-corrected chi connectivity index (χ2v) is 10.8. The monoisotopic (exact) mass is 488 g/mol. The number of nitrogens with zero attached hydrogens (tertiary/aromatic N) is 1. The summed E-state index contributed by atoms with van der Waals surface area (Å²) in [4.78, 5) is 37.8. The Morgan fingerprint density at radius 1 is 1.18 bits per heavy atom. The van der Waals surface area contributed by atoms with Crippen molar-refractivity contribution in [3.8, 4) is 5.75 Å². The summed E-state index contributed by atoms with van der Waals surface area (Å²) < 4.78 is 5.04. The lowest BCUT2D eigenvalue weighted by Gasteiger charge is -2.43. The number of hydrogen-bond donors (Lipinski definition) is 2. The largest absolute Gasteiger partial charge is 0.491 e. The highest BCUT2D eigenvalue weighted by molar-refractivity contribution is 8.01. The van der Waals surface area contributed by atoms with Crippen molar-refractivity contribution < 1.29 is 24.2 Å². The van der Waals surface area contributed by atoms with Crippen LogP contribution in [0.3, 0.4) is 0 Å². The van der Waals surface area contributed by atoms with Crippen LogP contribution in [0.5, 0.6) is 5.75 Å². The van der Waals surface area contributed by atoms with E-state index in [0.29, 0.717) is 10.8 Å². The van der Waals surface area contributed by atoms with Gasteiger partial charge in [0, 0.05) is 4.75 Å². The molecule has 0 saturated carbocycles. The highest BCUT2D eigenvalue weighted by Crippen LogP contribution is 2.50. The van der Waals surface area contributed by atoms with E-state index in [1.165, 1.54) is 22.2 Å². The number of aliphatic carboxylic acids is 1. The molecule has 2 N–H and O–H groups in total. The van der Waals surface area contributed by atoms with Crippen LogP contribution >= 0.6 is 23.4 Å². The molecule has 33 heavy (non-hydrogen) atoms. The first-order valence-electron chi connectivity index (χ1n) is 10.6. The quantitative estimate of drug-likeness (QED) is 0.553. The van der Waals surface area contributed by atoms with Crippen LogP contribution in [0.15, 0.2) is 48.5 Å². The maximum absolute atomic E-state index is 12.5. The summed E-state index contributed by atoms with van der Waals surface area (Å²) in [6.07, 6.45) is 0.809. The second kappa shape index (κ2) is 9.27. The molecule has 7 nitrogen and oxygen atoms in total. The number of carboxylic acid groups (broad SMARTS) is 1. The first kappa shape index (κ1) is 23.4. The molecule has 0 spiro atoms. The molecular formula is C24H25ClN2O5S. The Bertz CT molecular complexity index is 1080. The summed E-state index contributed by atoms with van der Waals surface area (Å²) in [5.74, 6) is -1.24. The van der Waals surface area contributed by atoms with Gasteiger partial charge in [-0.15, -0.1) is 11.8 Å². The van der Waals surface area contributed by atoms with Crippen LogP contribution in [0.25, 0.3) is 0 Å². The molecule has 2 saturated heterocycles. The zero-order valence-corrected chi connectivity index (χ0v) is 19.9. The summed E-state index contributed by atoms with van der Waals surface area (Å²) in [6, 6.07) is 14.0. The van der Waals surface area contributed by atoms with Gasteiger partial charge in [-0.05, 0) is 43.5 Å². The van der Waals surface area contributed by atoms with Crippen molar-refractivity contribution in [1.29, 1.82) is 0 Å². The highest BCUT2D eigenvalue weighted by Gasteiger charge is 2.64. The minimum Gasteiger partial charge on any atom is -0.491 e. The molecule has 2 fully saturated rings. The number of carbonyl (C=O) groups excluding carboxylic acids is 2. The number of benzene rings is 2. The average Bonchev–Trinajstić information content (AvgIpc) is 3.02. The Kier molecular flexibility index (Phi) is 6.59. The Morgan fingerprint density at radius 3 is 2.58 bits per heavy atom. The molecule has 2 aromatic rings. The fraction of sp³-hybridized carbons (Fsp3) is 0.375. The second-order valence-electron chi connectivity index (χ2n) is 8.67. The van der Waals surface area contributed by atoms with Crippen LogP contribution in [0, 0.1) is 0 Å². The van der Waals surface area contributed by atoms with E-state index in [4.69, 9.17) is 16.3 Å². The van der Waals surface area contributed by atoms with E-state index in [1.807, 2.05) is 30.3 Å². The summed E-state index contributed by atoms with van der Waals surface area (Å²) >= 11 is 7.74. The normalized spacial score (nSPS) is 22.9. The van der Waals surface area contributed by atoms with Gasteiger partial charge in [0.15, 0.2) is 0 Å². The maximum Gasteiger partial charge on any atom is 0.327 e. The number of thioether (sulfide) groups is 1. The lowest BCUT2D eigenvalue weighted by Crippen LogP contribution is -2.70. The van der Waals surface area contributed by atoms with Gasteiger partial charge >= 0.3 is 5.97 Å². The molecule has 3 atom stereocenters. The molecule has 2 heterocycles. The van der Waals surface area contributed by atoms with Crippen molar-refractivity contribution in [3.05, 3.63) is 64.7 Å². The standard InChI is InChI=1S/C24H25ClN2O5S/c1-24(2)20(23(30)31)27-21(29)19(22(27)33-24)26-18(28)10-11-32-17-9-8-15(13-16(17)25)12-14-6-4-3-5-7-14/h3-9,13,19-20,22H,10-12H2,1-2H3,(H,26,28)(H,30,31)/t19-,20+,22-/m1/s1. The number of rotatable bonds is 8. The van der Waals surface area contributed by atoms with Crippen LogP contribution in [0.2, 0.25) is 5.02 Å². The fourth-order valence-corrected chi connectivity index (χ4v) is 6.13. The van der Waals surface area contributed by atoms with E-state index in [2.05, 4.69) is 17.4 Å². The number of β-lactam (4-membered cyclic amide) rings is 1. The van der Waals surface area contributed by atoms with Gasteiger partial charge in [-0.25, -0.2) is 4.79 Å². The number of ether oxygens (including phenoxy) is 1. The maximum atomic E-state index is 12.5. The lowest BCUT2D eigenvalue weighted by molar-refractivity contribution is -0.161. The molecule has 0 bridgehead atoms. The molecule has 0 aliphatic carbocycles. The van der Waals surface area contributed by atoms with Crippen molar-refractivity contribution in [2.45, 2.75) is 48.9 Å². The van der Waals surface area contributed by atoms with Gasteiger partial charge in [0.25, 0.3) is 0 Å². The molecule has 0 unspecified atom stereocenters. The van der Waals surface area contributed by atoms with Crippen molar-refractivity contribution in [2.24, 2.45) is 0 Å². The van der Waals surface area contributed by atoms with Crippen molar-refractivity contribution >= 4 is 41.1 Å². The third-order valence-electron chi connectivity index (χ3n) is 5.83. The molecule has 0 aromatic heterocycles. The molecule has 4 rings (SSSR count). The number of carbonyl (C=O) groups is 3. The molecule has 2 aromatic carbocycles. The Labute approximate surface area is 201 Å². The van der Waals surface area contributed by atoms with Gasteiger partial charge in [-0.1, -0.05) is 48.0 Å². The van der Waals surface area contributed by atoms with Gasteiger partial charge in [0.2, 0.25) is 11.8 Å². The van der Waals surface area contributed by atoms with E-state index >= 15 is 0 Å². The molecule has 9 heteroatoms. The average molecular weight is 489 g/mol. The van der Waals surface area contributed by atoms with Crippen molar-refractivity contribution in [1.82, 2.24) is 10.2 Å². The highest BCUT2D eigenvalue weighted by atomic mass is 35.5. The van der Waals surface area contributed by atoms with E-state index < -0.39 is 22.8 Å². The summed E-state index contributed by atoms with van der Waals surface area (Å²) in [6.45, 7) is 3.70. The third-order valence-corrected chi connectivity index (χ3v) is 7.69. The van der Waals surface area contributed by atoms with E-state index in [0.717, 1.165) is 12.0 Å². The van der Waals surface area contributed by atoms with Gasteiger partial charge in [-0.3, -0.25) is 9.59 Å². The summed E-state index contributed by atoms with van der Waals surface area (Å²) in [5, 5.41) is 12.3. The van der Waals surface area contributed by atoms with E-state index in [9.17, 15) is 19.5 Å². The third kappa shape index (κ3) is 4.82. The minimum atomic E-state index is -1.03. The first-order valence-corrected chi connectivity index (χ1v) is 11.9. The molecule has 2 aliphatic rings. The number of carboxylic acids is 1. The smallest absolute Gasteiger partial charge is 0.327 e. The summed E-state index contributed by atoms with van der Waals surface area (Å²) in [5.41, 5.74) is 2.24. The first-order chi connectivity index (χ1) is 15.7. The Hall–Kier alpha value is -2.71. The number of halogens is 1. The minimum absolute atomic E-state index is 0.0506. The van der Waals surface area contributed by atoms with Gasteiger partial charge in [0.1, 0.15) is 23.2 Å². The Balaban J connectivity index is 1.26. The number of amides is 2. The van der Waals surface area contributed by atoms with E-state index in [1.54, 1.807) is 19.9 Å². The lowest BCUT2D eigenvalue weighted by atomic mass is 9.96. The van der Waals surface area contributed by atoms with Gasteiger partial charge in [-0.2, -0.15) is 0 Å². The molecule has 2 aliphatic heterocycles.